The molecule has 0 spiro atoms. The SMILES string of the molecule is CCCCCCOCC(O)CNCCS(=O)(=O)CC. The van der Waals surface area contributed by atoms with Gasteiger partial charge in [0.25, 0.3) is 0 Å². The summed E-state index contributed by atoms with van der Waals surface area (Å²) in [5.74, 6) is 0.284. The quantitative estimate of drug-likeness (QED) is 0.495. The van der Waals surface area contributed by atoms with Crippen molar-refractivity contribution in [3.8, 4) is 0 Å². The number of hydrogen-bond donors (Lipinski definition) is 2. The first kappa shape index (κ1) is 18.8. The fourth-order valence-corrected chi connectivity index (χ4v) is 2.29. The summed E-state index contributed by atoms with van der Waals surface area (Å²) in [7, 11) is -2.92. The molecule has 0 aliphatic rings. The minimum Gasteiger partial charge on any atom is -0.389 e. The molecule has 0 amide bonds. The van der Waals surface area contributed by atoms with Crippen LogP contribution in [-0.2, 0) is 14.6 Å². The molecule has 1 unspecified atom stereocenters. The Morgan fingerprint density at radius 3 is 2.58 bits per heavy atom. The summed E-state index contributed by atoms with van der Waals surface area (Å²) < 4.78 is 27.8. The Morgan fingerprint density at radius 1 is 1.21 bits per heavy atom. The van der Waals surface area contributed by atoms with E-state index in [4.69, 9.17) is 4.74 Å². The summed E-state index contributed by atoms with van der Waals surface area (Å²) in [6.07, 6.45) is 4.05. The van der Waals surface area contributed by atoms with Crippen LogP contribution < -0.4 is 5.32 Å². The Hall–Kier alpha value is -0.170. The number of unbranched alkanes of at least 4 members (excludes halogenated alkanes) is 3. The molecule has 0 aromatic heterocycles. The van der Waals surface area contributed by atoms with Crippen LogP contribution in [0, 0.1) is 0 Å². The van der Waals surface area contributed by atoms with Crippen LogP contribution in [0.25, 0.3) is 0 Å². The number of ether oxygens (including phenoxy) is 1. The first-order valence-electron chi connectivity index (χ1n) is 7.18. The van der Waals surface area contributed by atoms with Crippen LogP contribution in [0.5, 0.6) is 0 Å². The lowest BCUT2D eigenvalue weighted by Crippen LogP contribution is -2.33. The number of aliphatic hydroxyl groups is 1. The van der Waals surface area contributed by atoms with Gasteiger partial charge in [-0.25, -0.2) is 8.42 Å². The van der Waals surface area contributed by atoms with Gasteiger partial charge < -0.3 is 15.2 Å². The van der Waals surface area contributed by atoms with E-state index in [-0.39, 0.29) is 11.5 Å². The molecular weight excluding hydrogens is 266 g/mol. The maximum Gasteiger partial charge on any atom is 0.151 e. The Balaban J connectivity index is 3.37. The Morgan fingerprint density at radius 2 is 1.95 bits per heavy atom. The topological polar surface area (TPSA) is 75.6 Å². The van der Waals surface area contributed by atoms with Gasteiger partial charge in [0.15, 0.2) is 9.84 Å². The highest BCUT2D eigenvalue weighted by atomic mass is 32.2. The number of hydrogen-bond acceptors (Lipinski definition) is 5. The van der Waals surface area contributed by atoms with Gasteiger partial charge in [0.05, 0.1) is 18.5 Å². The van der Waals surface area contributed by atoms with Crippen LogP contribution in [0.3, 0.4) is 0 Å². The van der Waals surface area contributed by atoms with Crippen LogP contribution >= 0.6 is 0 Å². The molecular formula is C13H29NO4S. The molecule has 2 N–H and O–H groups in total. The smallest absolute Gasteiger partial charge is 0.151 e. The van der Waals surface area contributed by atoms with Crippen molar-refractivity contribution >= 4 is 9.84 Å². The molecule has 0 radical (unpaired) electrons. The highest BCUT2D eigenvalue weighted by Crippen LogP contribution is 1.99. The molecule has 0 aliphatic carbocycles. The third kappa shape index (κ3) is 12.6. The predicted molar refractivity (Wildman–Crippen MR) is 78.2 cm³/mol. The summed E-state index contributed by atoms with van der Waals surface area (Å²) in [6, 6.07) is 0. The number of nitrogens with one attached hydrogen (secondary N) is 1. The van der Waals surface area contributed by atoms with Gasteiger partial charge in [0.1, 0.15) is 0 Å². The second-order valence-corrected chi connectivity index (χ2v) is 7.20. The molecule has 0 saturated carbocycles. The van der Waals surface area contributed by atoms with Gasteiger partial charge in [-0.2, -0.15) is 0 Å². The number of sulfone groups is 1. The molecule has 0 bridgehead atoms. The fraction of sp³-hybridized carbons (Fsp3) is 1.00. The predicted octanol–water partition coefficient (Wildman–Crippen LogP) is 0.968. The molecule has 0 heterocycles. The van der Waals surface area contributed by atoms with Gasteiger partial charge in [-0.05, 0) is 6.42 Å². The third-order valence-electron chi connectivity index (χ3n) is 2.86. The van der Waals surface area contributed by atoms with Crippen molar-refractivity contribution in [3.63, 3.8) is 0 Å². The minimum atomic E-state index is -2.92. The summed E-state index contributed by atoms with van der Waals surface area (Å²) in [4.78, 5) is 0. The molecule has 0 aromatic carbocycles. The van der Waals surface area contributed by atoms with Gasteiger partial charge in [-0.1, -0.05) is 33.1 Å². The summed E-state index contributed by atoms with van der Waals surface area (Å²) in [6.45, 7) is 5.53. The van der Waals surface area contributed by atoms with E-state index in [1.165, 1.54) is 19.3 Å². The van der Waals surface area contributed by atoms with E-state index in [0.717, 1.165) is 6.42 Å². The number of aliphatic hydroxyl groups excluding tert-OH is 1. The van der Waals surface area contributed by atoms with Crippen molar-refractivity contribution in [2.45, 2.75) is 45.6 Å². The summed E-state index contributed by atoms with van der Waals surface area (Å²) in [5, 5.41) is 12.5. The van der Waals surface area contributed by atoms with Gasteiger partial charge in [0.2, 0.25) is 0 Å². The zero-order valence-corrected chi connectivity index (χ0v) is 13.0. The molecule has 0 rings (SSSR count). The van der Waals surface area contributed by atoms with Crippen molar-refractivity contribution < 1.29 is 18.3 Å². The third-order valence-corrected chi connectivity index (χ3v) is 4.57. The van der Waals surface area contributed by atoms with Crippen molar-refractivity contribution in [2.75, 3.05) is 37.8 Å². The largest absolute Gasteiger partial charge is 0.389 e. The maximum atomic E-state index is 11.2. The average Bonchev–Trinajstić information content (AvgIpc) is 2.39. The molecule has 0 aliphatic heterocycles. The van der Waals surface area contributed by atoms with E-state index in [9.17, 15) is 13.5 Å². The van der Waals surface area contributed by atoms with Gasteiger partial charge in [-0.15, -0.1) is 0 Å². The standard InChI is InChI=1S/C13H29NO4S/c1-3-5-6-7-9-18-12-13(15)11-14-8-10-19(16,17)4-2/h13-15H,3-12H2,1-2H3. The number of rotatable bonds is 13. The van der Waals surface area contributed by atoms with Crippen molar-refractivity contribution in [2.24, 2.45) is 0 Å². The van der Waals surface area contributed by atoms with Crippen LogP contribution in [0.15, 0.2) is 0 Å². The molecule has 1 atom stereocenters. The molecule has 0 saturated heterocycles. The zero-order valence-electron chi connectivity index (χ0n) is 12.2. The molecule has 5 nitrogen and oxygen atoms in total. The monoisotopic (exact) mass is 295 g/mol. The van der Waals surface area contributed by atoms with E-state index < -0.39 is 15.9 Å². The molecule has 0 fully saturated rings. The Kier molecular flexibility index (Phi) is 11.5. The summed E-state index contributed by atoms with van der Waals surface area (Å²) >= 11 is 0. The first-order valence-corrected chi connectivity index (χ1v) is 9.01. The fourth-order valence-electron chi connectivity index (χ4n) is 1.55. The Bertz CT molecular complexity index is 293. The average molecular weight is 295 g/mol. The van der Waals surface area contributed by atoms with Gasteiger partial charge in [0, 0.05) is 25.4 Å². The van der Waals surface area contributed by atoms with Crippen molar-refractivity contribution in [1.82, 2.24) is 5.32 Å². The van der Waals surface area contributed by atoms with E-state index in [2.05, 4.69) is 12.2 Å². The van der Waals surface area contributed by atoms with Gasteiger partial charge >= 0.3 is 0 Å². The maximum absolute atomic E-state index is 11.2. The second kappa shape index (κ2) is 11.6. The first-order chi connectivity index (χ1) is 9.02. The summed E-state index contributed by atoms with van der Waals surface area (Å²) in [5.41, 5.74) is 0. The normalized spacial score (nSPS) is 13.6. The highest BCUT2D eigenvalue weighted by Gasteiger charge is 2.08. The van der Waals surface area contributed by atoms with Gasteiger partial charge in [-0.3, -0.25) is 0 Å². The lowest BCUT2D eigenvalue weighted by Gasteiger charge is -2.12. The lowest BCUT2D eigenvalue weighted by molar-refractivity contribution is 0.0357. The highest BCUT2D eigenvalue weighted by molar-refractivity contribution is 7.91. The van der Waals surface area contributed by atoms with E-state index in [1.54, 1.807) is 6.92 Å². The Labute approximate surface area is 117 Å². The zero-order chi connectivity index (χ0) is 14.6. The van der Waals surface area contributed by atoms with Crippen LogP contribution in [0.2, 0.25) is 0 Å². The van der Waals surface area contributed by atoms with Crippen LogP contribution in [-0.4, -0.2) is 57.4 Å². The lowest BCUT2D eigenvalue weighted by atomic mass is 10.2. The molecule has 6 heteroatoms. The van der Waals surface area contributed by atoms with Crippen molar-refractivity contribution in [3.05, 3.63) is 0 Å². The van der Waals surface area contributed by atoms with Crippen LogP contribution in [0.4, 0.5) is 0 Å². The van der Waals surface area contributed by atoms with Crippen molar-refractivity contribution in [1.29, 1.82) is 0 Å². The second-order valence-electron chi connectivity index (χ2n) is 4.73. The van der Waals surface area contributed by atoms with E-state index >= 15 is 0 Å². The molecule has 0 aromatic rings. The van der Waals surface area contributed by atoms with E-state index in [1.807, 2.05) is 0 Å². The van der Waals surface area contributed by atoms with E-state index in [0.29, 0.717) is 26.3 Å². The minimum absolute atomic E-state index is 0.119. The molecule has 116 valence electrons. The molecule has 19 heavy (non-hydrogen) atoms. The van der Waals surface area contributed by atoms with Crippen LogP contribution in [0.1, 0.15) is 39.5 Å².